The molecule has 0 bridgehead atoms. The molecule has 2 rings (SSSR count). The molecular weight excluding hydrogens is 286 g/mol. The van der Waals surface area contributed by atoms with Gasteiger partial charge in [0.2, 0.25) is 0 Å². The van der Waals surface area contributed by atoms with Gasteiger partial charge in [-0.2, -0.15) is 0 Å². The van der Waals surface area contributed by atoms with E-state index in [-0.39, 0.29) is 12.5 Å². The molecule has 0 saturated carbocycles. The lowest BCUT2D eigenvalue weighted by Gasteiger charge is -2.25. The van der Waals surface area contributed by atoms with Gasteiger partial charge in [0.05, 0.1) is 0 Å². The van der Waals surface area contributed by atoms with Crippen molar-refractivity contribution in [3.63, 3.8) is 0 Å². The highest BCUT2D eigenvalue weighted by atomic mass is 16.5. The van der Waals surface area contributed by atoms with Crippen LogP contribution in [0, 0.1) is 17.8 Å². The number of rotatable bonds is 4. The molecule has 0 amide bonds. The van der Waals surface area contributed by atoms with Gasteiger partial charge in [-0.25, -0.2) is 0 Å². The van der Waals surface area contributed by atoms with E-state index >= 15 is 0 Å². The second-order valence-corrected chi connectivity index (χ2v) is 5.70. The predicted octanol–water partition coefficient (Wildman–Crippen LogP) is 3.14. The number of benzene rings is 2. The Kier molecular flexibility index (Phi) is 5.56. The minimum absolute atomic E-state index is 0.214. The van der Waals surface area contributed by atoms with E-state index in [1.54, 1.807) is 6.92 Å². The average Bonchev–Trinajstić information content (AvgIpc) is 2.59. The number of esters is 1. The van der Waals surface area contributed by atoms with Crippen LogP contribution < -0.4 is 5.73 Å². The zero-order chi connectivity index (χ0) is 16.7. The number of hydrogen-bond donors (Lipinski definition) is 1. The second kappa shape index (κ2) is 7.62. The smallest absolute Gasteiger partial charge is 0.327 e. The van der Waals surface area contributed by atoms with Crippen molar-refractivity contribution in [1.82, 2.24) is 0 Å². The summed E-state index contributed by atoms with van der Waals surface area (Å²) >= 11 is 0. The van der Waals surface area contributed by atoms with Gasteiger partial charge in [0.1, 0.15) is 12.1 Å². The number of carbonyl (C=O) groups excluding carboxylic acids is 1. The van der Waals surface area contributed by atoms with Gasteiger partial charge in [0, 0.05) is 11.5 Å². The Morgan fingerprint density at radius 2 is 1.70 bits per heavy atom. The topological polar surface area (TPSA) is 52.3 Å². The van der Waals surface area contributed by atoms with Crippen molar-refractivity contribution in [2.75, 3.05) is 0 Å². The Balaban J connectivity index is 1.99. The summed E-state index contributed by atoms with van der Waals surface area (Å²) in [6, 6.07) is 19.1. The standard InChI is InChI=1S/C20H21NO2/c1-16(13-14-17-9-5-3-6-10-17)20(2,21)19(22)23-15-18-11-7-4-8-12-18/h3-12,16H,15,21H2,1-2H3/t16-,20-/m0/s1. The van der Waals surface area contributed by atoms with Crippen molar-refractivity contribution in [2.45, 2.75) is 26.0 Å². The first kappa shape index (κ1) is 16.8. The Bertz CT molecular complexity index is 697. The third kappa shape index (κ3) is 4.70. The largest absolute Gasteiger partial charge is 0.459 e. The first-order chi connectivity index (χ1) is 11.0. The molecule has 3 heteroatoms. The van der Waals surface area contributed by atoms with Gasteiger partial charge in [0.15, 0.2) is 0 Å². The SMILES string of the molecule is C[C@@H](C#Cc1ccccc1)[C@](C)(N)C(=O)OCc1ccccc1. The number of nitrogens with two attached hydrogens (primary N) is 1. The van der Waals surface area contributed by atoms with E-state index in [9.17, 15) is 4.79 Å². The molecule has 0 saturated heterocycles. The Hall–Kier alpha value is -2.57. The Morgan fingerprint density at radius 3 is 2.30 bits per heavy atom. The molecule has 0 aromatic heterocycles. The van der Waals surface area contributed by atoms with Gasteiger partial charge in [0.25, 0.3) is 0 Å². The summed E-state index contributed by atoms with van der Waals surface area (Å²) < 4.78 is 5.33. The Labute approximate surface area is 137 Å². The summed E-state index contributed by atoms with van der Waals surface area (Å²) in [4.78, 5) is 12.3. The van der Waals surface area contributed by atoms with Crippen LogP contribution in [0.3, 0.4) is 0 Å². The molecule has 2 N–H and O–H groups in total. The average molecular weight is 307 g/mol. The maximum absolute atomic E-state index is 12.3. The van der Waals surface area contributed by atoms with E-state index in [2.05, 4.69) is 11.8 Å². The Morgan fingerprint density at radius 1 is 1.13 bits per heavy atom. The molecule has 0 heterocycles. The van der Waals surface area contributed by atoms with E-state index < -0.39 is 11.5 Å². The van der Waals surface area contributed by atoms with Crippen molar-refractivity contribution in [1.29, 1.82) is 0 Å². The number of hydrogen-bond acceptors (Lipinski definition) is 3. The minimum atomic E-state index is -1.16. The molecular formula is C20H21NO2. The summed E-state index contributed by atoms with van der Waals surface area (Å²) in [7, 11) is 0. The van der Waals surface area contributed by atoms with E-state index in [1.165, 1.54) is 0 Å². The first-order valence-electron chi connectivity index (χ1n) is 7.57. The van der Waals surface area contributed by atoms with E-state index in [4.69, 9.17) is 10.5 Å². The van der Waals surface area contributed by atoms with Crippen LogP contribution in [0.4, 0.5) is 0 Å². The summed E-state index contributed by atoms with van der Waals surface area (Å²) in [5, 5.41) is 0. The lowest BCUT2D eigenvalue weighted by molar-refractivity contribution is -0.152. The van der Waals surface area contributed by atoms with Gasteiger partial charge in [-0.15, -0.1) is 0 Å². The molecule has 2 aromatic rings. The summed E-state index contributed by atoms with van der Waals surface area (Å²) in [5.41, 5.74) is 6.83. The lowest BCUT2D eigenvalue weighted by atomic mass is 9.88. The van der Waals surface area contributed by atoms with Crippen molar-refractivity contribution >= 4 is 5.97 Å². The van der Waals surface area contributed by atoms with Crippen LogP contribution in [-0.2, 0) is 16.1 Å². The second-order valence-electron chi connectivity index (χ2n) is 5.70. The molecule has 2 aromatic carbocycles. The van der Waals surface area contributed by atoms with Crippen molar-refractivity contribution < 1.29 is 9.53 Å². The van der Waals surface area contributed by atoms with Gasteiger partial charge >= 0.3 is 5.97 Å². The fourth-order valence-electron chi connectivity index (χ4n) is 1.92. The van der Waals surface area contributed by atoms with Crippen molar-refractivity contribution in [3.05, 3.63) is 71.8 Å². The third-order valence-corrected chi connectivity index (χ3v) is 3.76. The molecule has 23 heavy (non-hydrogen) atoms. The third-order valence-electron chi connectivity index (χ3n) is 3.76. The highest BCUT2D eigenvalue weighted by molar-refractivity contribution is 5.81. The number of carbonyl (C=O) groups is 1. The van der Waals surface area contributed by atoms with E-state index in [1.807, 2.05) is 67.6 Å². The predicted molar refractivity (Wildman–Crippen MR) is 91.3 cm³/mol. The molecule has 0 unspecified atom stereocenters. The van der Waals surface area contributed by atoms with Crippen LogP contribution >= 0.6 is 0 Å². The van der Waals surface area contributed by atoms with Gasteiger partial charge in [-0.1, -0.05) is 60.4 Å². The normalized spacial score (nSPS) is 14.0. The highest BCUT2D eigenvalue weighted by Gasteiger charge is 2.35. The maximum atomic E-state index is 12.3. The zero-order valence-electron chi connectivity index (χ0n) is 13.5. The van der Waals surface area contributed by atoms with Crippen LogP contribution in [0.1, 0.15) is 25.0 Å². The van der Waals surface area contributed by atoms with Crippen molar-refractivity contribution in [2.24, 2.45) is 11.7 Å². The fraction of sp³-hybridized carbons (Fsp3) is 0.250. The molecule has 0 aliphatic rings. The monoisotopic (exact) mass is 307 g/mol. The molecule has 3 nitrogen and oxygen atoms in total. The van der Waals surface area contributed by atoms with Crippen LogP contribution in [0.5, 0.6) is 0 Å². The van der Waals surface area contributed by atoms with Crippen LogP contribution in [-0.4, -0.2) is 11.5 Å². The molecule has 0 radical (unpaired) electrons. The summed E-state index contributed by atoms with van der Waals surface area (Å²) in [5.74, 6) is 5.31. The first-order valence-corrected chi connectivity index (χ1v) is 7.57. The molecule has 118 valence electrons. The van der Waals surface area contributed by atoms with Crippen LogP contribution in [0.2, 0.25) is 0 Å². The fourth-order valence-corrected chi connectivity index (χ4v) is 1.92. The minimum Gasteiger partial charge on any atom is -0.459 e. The molecule has 2 atom stereocenters. The van der Waals surface area contributed by atoms with Crippen molar-refractivity contribution in [3.8, 4) is 11.8 Å². The highest BCUT2D eigenvalue weighted by Crippen LogP contribution is 2.16. The van der Waals surface area contributed by atoms with Gasteiger partial charge in [-0.3, -0.25) is 4.79 Å². The molecule has 0 aliphatic carbocycles. The van der Waals surface area contributed by atoms with Crippen LogP contribution in [0.15, 0.2) is 60.7 Å². The molecule has 0 spiro atoms. The molecule has 0 aliphatic heterocycles. The van der Waals surface area contributed by atoms with Gasteiger partial charge in [-0.05, 0) is 31.5 Å². The number of ether oxygens (including phenoxy) is 1. The summed E-state index contributed by atoms with van der Waals surface area (Å²) in [6.07, 6.45) is 0. The van der Waals surface area contributed by atoms with Crippen LogP contribution in [0.25, 0.3) is 0 Å². The van der Waals surface area contributed by atoms with E-state index in [0.717, 1.165) is 11.1 Å². The maximum Gasteiger partial charge on any atom is 0.327 e. The quantitative estimate of drug-likeness (QED) is 0.697. The lowest BCUT2D eigenvalue weighted by Crippen LogP contribution is -2.51. The van der Waals surface area contributed by atoms with E-state index in [0.29, 0.717) is 0 Å². The molecule has 0 fully saturated rings. The zero-order valence-corrected chi connectivity index (χ0v) is 13.5. The van der Waals surface area contributed by atoms with Gasteiger partial charge < -0.3 is 10.5 Å². The summed E-state index contributed by atoms with van der Waals surface area (Å²) in [6.45, 7) is 3.70.